The van der Waals surface area contributed by atoms with E-state index in [1.807, 2.05) is 0 Å². The van der Waals surface area contributed by atoms with Gasteiger partial charge in [-0.25, -0.2) is 13.4 Å². The quantitative estimate of drug-likeness (QED) is 0.787. The van der Waals surface area contributed by atoms with Crippen LogP contribution in [0.5, 0.6) is 0 Å². The zero-order chi connectivity index (χ0) is 19.4. The molecule has 2 heterocycles. The Morgan fingerprint density at radius 2 is 1.74 bits per heavy atom. The zero-order valence-corrected chi connectivity index (χ0v) is 16.5. The molecule has 1 aliphatic heterocycles. The highest BCUT2D eigenvalue weighted by Crippen LogP contribution is 2.19. The molecule has 2 amide bonds. The van der Waals surface area contributed by atoms with Crippen LogP contribution in [0.2, 0.25) is 0 Å². The number of amides is 2. The highest BCUT2D eigenvalue weighted by atomic mass is 32.2. The van der Waals surface area contributed by atoms with Crippen molar-refractivity contribution in [2.45, 2.75) is 57.0 Å². The average molecular weight is 394 g/mol. The largest absolute Gasteiger partial charge is 0.348 e. The Morgan fingerprint density at radius 3 is 2.37 bits per heavy atom. The summed E-state index contributed by atoms with van der Waals surface area (Å²) in [4.78, 5) is 30.9. The molecule has 0 radical (unpaired) electrons. The molecule has 1 saturated carbocycles. The lowest BCUT2D eigenvalue weighted by Crippen LogP contribution is -2.39. The molecule has 3 rings (SSSR count). The number of nitrogens with zero attached hydrogens (tertiary/aromatic N) is 2. The Labute approximate surface area is 160 Å². The van der Waals surface area contributed by atoms with Gasteiger partial charge in [0.25, 0.3) is 11.8 Å². The fourth-order valence-electron chi connectivity index (χ4n) is 3.79. The van der Waals surface area contributed by atoms with Crippen LogP contribution >= 0.6 is 0 Å². The predicted octanol–water partition coefficient (Wildman–Crippen LogP) is 1.79. The van der Waals surface area contributed by atoms with Crippen molar-refractivity contribution < 1.29 is 18.0 Å². The number of carbonyl (C=O) groups excluding carboxylic acids is 2. The highest BCUT2D eigenvalue weighted by molar-refractivity contribution is 7.91. The Bertz CT molecular complexity index is 801. The lowest BCUT2D eigenvalue weighted by molar-refractivity contribution is 0.0741. The van der Waals surface area contributed by atoms with Crippen LogP contribution in [-0.2, 0) is 9.84 Å². The first kappa shape index (κ1) is 19.8. The molecule has 1 atom stereocenters. The molecule has 1 unspecified atom stereocenters. The van der Waals surface area contributed by atoms with Gasteiger partial charge in [-0.3, -0.25) is 9.59 Å². The molecule has 8 heteroatoms. The Morgan fingerprint density at radius 1 is 1.07 bits per heavy atom. The van der Waals surface area contributed by atoms with E-state index in [1.165, 1.54) is 17.7 Å². The lowest BCUT2D eigenvalue weighted by atomic mass is 10.1. The first-order valence-electron chi connectivity index (χ1n) is 9.61. The van der Waals surface area contributed by atoms with E-state index in [2.05, 4.69) is 10.3 Å². The average Bonchev–Trinajstić information content (AvgIpc) is 2.84. The summed E-state index contributed by atoms with van der Waals surface area (Å²) in [5, 5.41) is 3.03. The monoisotopic (exact) mass is 393 g/mol. The van der Waals surface area contributed by atoms with Crippen molar-refractivity contribution in [2.24, 2.45) is 0 Å². The van der Waals surface area contributed by atoms with Crippen molar-refractivity contribution >= 4 is 21.7 Å². The molecule has 2 aliphatic rings. The summed E-state index contributed by atoms with van der Waals surface area (Å²) in [6.45, 7) is 0. The first-order chi connectivity index (χ1) is 12.9. The van der Waals surface area contributed by atoms with Crippen LogP contribution in [-0.4, -0.2) is 60.8 Å². The minimum Gasteiger partial charge on any atom is -0.348 e. The third kappa shape index (κ3) is 5.06. The molecule has 2 fully saturated rings. The van der Waals surface area contributed by atoms with Gasteiger partial charge in [0.05, 0.1) is 11.5 Å². The maximum absolute atomic E-state index is 12.7. The van der Waals surface area contributed by atoms with Crippen molar-refractivity contribution in [3.8, 4) is 0 Å². The molecule has 1 aliphatic carbocycles. The van der Waals surface area contributed by atoms with Crippen molar-refractivity contribution in [1.29, 1.82) is 0 Å². The van der Waals surface area contributed by atoms with Gasteiger partial charge in [-0.05, 0) is 31.4 Å². The van der Waals surface area contributed by atoms with E-state index in [9.17, 15) is 18.0 Å². The normalized spacial score (nSPS) is 22.8. The highest BCUT2D eigenvalue weighted by Gasteiger charge is 2.33. The third-order valence-electron chi connectivity index (χ3n) is 5.47. The van der Waals surface area contributed by atoms with E-state index in [0.717, 1.165) is 25.7 Å². The zero-order valence-electron chi connectivity index (χ0n) is 15.7. The van der Waals surface area contributed by atoms with E-state index in [1.54, 1.807) is 25.2 Å². The van der Waals surface area contributed by atoms with Gasteiger partial charge in [0.15, 0.2) is 9.84 Å². The lowest BCUT2D eigenvalue weighted by Gasteiger charge is -2.23. The summed E-state index contributed by atoms with van der Waals surface area (Å²) in [5.74, 6) is -0.534. The van der Waals surface area contributed by atoms with Crippen LogP contribution < -0.4 is 5.32 Å². The number of carbonyl (C=O) groups is 2. The first-order valence-corrected chi connectivity index (χ1v) is 11.4. The molecular weight excluding hydrogens is 366 g/mol. The topological polar surface area (TPSA) is 96.4 Å². The van der Waals surface area contributed by atoms with E-state index >= 15 is 0 Å². The number of rotatable bonds is 4. The number of aromatic nitrogens is 1. The van der Waals surface area contributed by atoms with Crippen LogP contribution in [0.4, 0.5) is 0 Å². The van der Waals surface area contributed by atoms with Gasteiger partial charge in [-0.1, -0.05) is 31.7 Å². The third-order valence-corrected chi connectivity index (χ3v) is 7.22. The minimum absolute atomic E-state index is 0.0168. The second-order valence-corrected chi connectivity index (χ2v) is 9.77. The molecule has 148 valence electrons. The van der Waals surface area contributed by atoms with Crippen LogP contribution in [0.1, 0.15) is 65.9 Å². The van der Waals surface area contributed by atoms with Gasteiger partial charge in [-0.15, -0.1) is 0 Å². The molecule has 0 bridgehead atoms. The SMILES string of the molecule is CN(C(=O)c1cccc(C(=O)NC2CCCCCC2)n1)C1CCS(=O)(=O)C1. The standard InChI is InChI=1S/C19H27N3O4S/c1-22(15-11-12-27(25,26)13-15)19(24)17-10-6-9-16(21-17)18(23)20-14-7-4-2-3-5-8-14/h6,9-10,14-15H,2-5,7-8,11-13H2,1H3,(H,20,23). The maximum atomic E-state index is 12.7. The second-order valence-electron chi connectivity index (χ2n) is 7.54. The molecule has 0 spiro atoms. The van der Waals surface area contributed by atoms with Crippen LogP contribution in [0.25, 0.3) is 0 Å². The molecule has 0 aromatic carbocycles. The van der Waals surface area contributed by atoms with Crippen molar-refractivity contribution in [3.63, 3.8) is 0 Å². The number of nitrogens with one attached hydrogen (secondary N) is 1. The fraction of sp³-hybridized carbons (Fsp3) is 0.632. The molecule has 1 saturated heterocycles. The smallest absolute Gasteiger partial charge is 0.272 e. The van der Waals surface area contributed by atoms with Gasteiger partial charge in [0, 0.05) is 19.1 Å². The van der Waals surface area contributed by atoms with Crippen LogP contribution in [0.15, 0.2) is 18.2 Å². The molecule has 27 heavy (non-hydrogen) atoms. The van der Waals surface area contributed by atoms with Gasteiger partial charge >= 0.3 is 0 Å². The Kier molecular flexibility index (Phi) is 6.14. The Hall–Kier alpha value is -1.96. The minimum atomic E-state index is -3.08. The number of hydrogen-bond acceptors (Lipinski definition) is 5. The van der Waals surface area contributed by atoms with Crippen LogP contribution in [0.3, 0.4) is 0 Å². The van der Waals surface area contributed by atoms with Gasteiger partial charge in [0.2, 0.25) is 0 Å². The molecular formula is C19H27N3O4S. The van der Waals surface area contributed by atoms with E-state index in [4.69, 9.17) is 0 Å². The summed E-state index contributed by atoms with van der Waals surface area (Å²) >= 11 is 0. The number of sulfone groups is 1. The molecule has 1 N–H and O–H groups in total. The van der Waals surface area contributed by atoms with Gasteiger partial charge < -0.3 is 10.2 Å². The van der Waals surface area contributed by atoms with Crippen molar-refractivity contribution in [1.82, 2.24) is 15.2 Å². The van der Waals surface area contributed by atoms with Gasteiger partial charge in [0.1, 0.15) is 11.4 Å². The summed E-state index contributed by atoms with van der Waals surface area (Å²) in [6, 6.07) is 4.62. The van der Waals surface area contributed by atoms with E-state index < -0.39 is 9.84 Å². The molecule has 1 aromatic rings. The molecule has 7 nitrogen and oxygen atoms in total. The van der Waals surface area contributed by atoms with Crippen molar-refractivity contribution in [3.05, 3.63) is 29.6 Å². The van der Waals surface area contributed by atoms with E-state index in [-0.39, 0.29) is 46.8 Å². The Balaban J connectivity index is 1.67. The summed E-state index contributed by atoms with van der Waals surface area (Å²) in [7, 11) is -1.48. The number of pyridine rings is 1. The fourth-order valence-corrected chi connectivity index (χ4v) is 5.57. The van der Waals surface area contributed by atoms with Gasteiger partial charge in [-0.2, -0.15) is 0 Å². The van der Waals surface area contributed by atoms with Crippen LogP contribution in [0, 0.1) is 0 Å². The number of hydrogen-bond donors (Lipinski definition) is 1. The summed E-state index contributed by atoms with van der Waals surface area (Å²) < 4.78 is 23.3. The van der Waals surface area contributed by atoms with Crippen molar-refractivity contribution in [2.75, 3.05) is 18.6 Å². The maximum Gasteiger partial charge on any atom is 0.272 e. The molecule has 1 aromatic heterocycles. The summed E-state index contributed by atoms with van der Waals surface area (Å²) in [6.07, 6.45) is 7.03. The summed E-state index contributed by atoms with van der Waals surface area (Å²) in [5.41, 5.74) is 0.382. The predicted molar refractivity (Wildman–Crippen MR) is 102 cm³/mol. The second kappa shape index (κ2) is 8.37. The van der Waals surface area contributed by atoms with E-state index in [0.29, 0.717) is 6.42 Å².